The molecule has 0 atom stereocenters. The summed E-state index contributed by atoms with van der Waals surface area (Å²) >= 11 is 5.15. The summed E-state index contributed by atoms with van der Waals surface area (Å²) < 4.78 is 10.7. The molecule has 2 rings (SSSR count). The van der Waals surface area contributed by atoms with E-state index in [9.17, 15) is 9.59 Å². The zero-order valence-electron chi connectivity index (χ0n) is 15.9. The highest BCUT2D eigenvalue weighted by Crippen LogP contribution is 2.28. The summed E-state index contributed by atoms with van der Waals surface area (Å²) in [4.78, 5) is 23.8. The smallest absolute Gasteiger partial charge is 0.264 e. The molecule has 0 saturated heterocycles. The lowest BCUT2D eigenvalue weighted by Gasteiger charge is -2.15. The predicted molar refractivity (Wildman–Crippen MR) is 113 cm³/mol. The molecule has 2 aromatic carbocycles. The molecule has 0 aromatic heterocycles. The minimum atomic E-state index is -0.380. The molecule has 0 aliphatic heterocycles. The van der Waals surface area contributed by atoms with Crippen molar-refractivity contribution in [1.29, 1.82) is 0 Å². The number of nitrogens with one attached hydrogen (secondary N) is 3. The van der Waals surface area contributed by atoms with Crippen LogP contribution in [0.3, 0.4) is 0 Å². The third-order valence-electron chi connectivity index (χ3n) is 3.61. The first-order valence-corrected chi connectivity index (χ1v) is 9.07. The molecule has 3 N–H and O–H groups in total. The summed E-state index contributed by atoms with van der Waals surface area (Å²) in [5.74, 6) is 0.429. The van der Waals surface area contributed by atoms with Crippen LogP contribution in [-0.2, 0) is 9.59 Å². The van der Waals surface area contributed by atoms with E-state index in [4.69, 9.17) is 21.7 Å². The van der Waals surface area contributed by atoms with E-state index in [1.807, 2.05) is 18.2 Å². The van der Waals surface area contributed by atoms with E-state index in [-0.39, 0.29) is 29.5 Å². The number of methoxy groups -OCH3 is 1. The van der Waals surface area contributed by atoms with Gasteiger partial charge in [-0.1, -0.05) is 32.0 Å². The Morgan fingerprint density at radius 3 is 2.43 bits per heavy atom. The van der Waals surface area contributed by atoms with Crippen molar-refractivity contribution >= 4 is 40.5 Å². The minimum Gasteiger partial charge on any atom is -0.494 e. The highest BCUT2D eigenvalue weighted by Gasteiger charge is 2.12. The third kappa shape index (κ3) is 6.55. The van der Waals surface area contributed by atoms with Crippen molar-refractivity contribution in [3.63, 3.8) is 0 Å². The summed E-state index contributed by atoms with van der Waals surface area (Å²) in [5.41, 5.74) is 1.16. The molecule has 2 amide bonds. The monoisotopic (exact) mass is 401 g/mol. The molecule has 0 saturated carbocycles. The Bertz CT molecular complexity index is 841. The molecule has 8 heteroatoms. The zero-order chi connectivity index (χ0) is 20.5. The number of carbonyl (C=O) groups is 2. The Kier molecular flexibility index (Phi) is 7.76. The van der Waals surface area contributed by atoms with Gasteiger partial charge in [-0.25, -0.2) is 0 Å². The van der Waals surface area contributed by atoms with Crippen molar-refractivity contribution in [2.75, 3.05) is 24.4 Å². The van der Waals surface area contributed by atoms with E-state index in [0.717, 1.165) is 0 Å². The molecule has 0 unspecified atom stereocenters. The summed E-state index contributed by atoms with van der Waals surface area (Å²) in [7, 11) is 1.51. The van der Waals surface area contributed by atoms with E-state index in [0.29, 0.717) is 22.9 Å². The average Bonchev–Trinajstić information content (AvgIpc) is 2.68. The van der Waals surface area contributed by atoms with Gasteiger partial charge in [-0.2, -0.15) is 0 Å². The first kappa shape index (κ1) is 21.2. The van der Waals surface area contributed by atoms with Gasteiger partial charge in [-0.05, 0) is 36.5 Å². The lowest BCUT2D eigenvalue weighted by molar-refractivity contribution is -0.121. The molecule has 0 heterocycles. The van der Waals surface area contributed by atoms with Crippen molar-refractivity contribution in [3.8, 4) is 11.5 Å². The van der Waals surface area contributed by atoms with Gasteiger partial charge in [-0.3, -0.25) is 14.9 Å². The Morgan fingerprint density at radius 2 is 1.79 bits per heavy atom. The van der Waals surface area contributed by atoms with Crippen molar-refractivity contribution in [3.05, 3.63) is 48.5 Å². The fourth-order valence-electron chi connectivity index (χ4n) is 2.14. The van der Waals surface area contributed by atoms with Gasteiger partial charge in [0.25, 0.3) is 5.91 Å². The highest BCUT2D eigenvalue weighted by molar-refractivity contribution is 7.80. The van der Waals surface area contributed by atoms with Crippen LogP contribution in [0.15, 0.2) is 48.5 Å². The van der Waals surface area contributed by atoms with Gasteiger partial charge in [0.2, 0.25) is 5.91 Å². The summed E-state index contributed by atoms with van der Waals surface area (Å²) in [5, 5.41) is 8.37. The van der Waals surface area contributed by atoms with E-state index in [1.165, 1.54) is 7.11 Å². The SMILES string of the molecule is COc1cc(NC(=S)NC(=O)COc2ccccc2)ccc1NC(=O)C(C)C. The summed E-state index contributed by atoms with van der Waals surface area (Å²) in [6, 6.07) is 14.1. The lowest BCUT2D eigenvalue weighted by atomic mass is 10.2. The first-order valence-electron chi connectivity index (χ1n) is 8.66. The van der Waals surface area contributed by atoms with Gasteiger partial charge in [0.15, 0.2) is 11.7 Å². The number of thiocarbonyl (C=S) groups is 1. The second-order valence-corrected chi connectivity index (χ2v) is 6.57. The van der Waals surface area contributed by atoms with Gasteiger partial charge in [0, 0.05) is 17.7 Å². The van der Waals surface area contributed by atoms with Crippen LogP contribution in [0.4, 0.5) is 11.4 Å². The molecule has 0 aliphatic rings. The van der Waals surface area contributed by atoms with Crippen LogP contribution in [0.5, 0.6) is 11.5 Å². The Labute approximate surface area is 169 Å². The van der Waals surface area contributed by atoms with Crippen LogP contribution in [-0.4, -0.2) is 30.6 Å². The average molecular weight is 401 g/mol. The number of amides is 2. The van der Waals surface area contributed by atoms with Crippen LogP contribution in [0.2, 0.25) is 0 Å². The number of rotatable bonds is 7. The molecule has 7 nitrogen and oxygen atoms in total. The van der Waals surface area contributed by atoms with Crippen molar-refractivity contribution in [2.45, 2.75) is 13.8 Å². The number of benzene rings is 2. The number of para-hydroxylation sites is 1. The van der Waals surface area contributed by atoms with Gasteiger partial charge in [-0.15, -0.1) is 0 Å². The van der Waals surface area contributed by atoms with E-state index in [1.54, 1.807) is 44.2 Å². The largest absolute Gasteiger partial charge is 0.494 e. The number of anilines is 2. The van der Waals surface area contributed by atoms with Crippen molar-refractivity contribution in [2.24, 2.45) is 5.92 Å². The first-order chi connectivity index (χ1) is 13.4. The van der Waals surface area contributed by atoms with Crippen LogP contribution >= 0.6 is 12.2 Å². The standard InChI is InChI=1S/C20H23N3O4S/c1-13(2)19(25)22-16-10-9-14(11-17(16)26-3)21-20(28)23-18(24)12-27-15-7-5-4-6-8-15/h4-11,13H,12H2,1-3H3,(H,22,25)(H2,21,23,24,28). The van der Waals surface area contributed by atoms with Crippen molar-refractivity contribution < 1.29 is 19.1 Å². The quantitative estimate of drug-likeness (QED) is 0.618. The second-order valence-electron chi connectivity index (χ2n) is 6.16. The fourth-order valence-corrected chi connectivity index (χ4v) is 2.37. The maximum absolute atomic E-state index is 11.9. The second kappa shape index (κ2) is 10.3. The molecule has 0 aliphatic carbocycles. The third-order valence-corrected chi connectivity index (χ3v) is 3.81. The molecule has 148 valence electrons. The van der Waals surface area contributed by atoms with Crippen LogP contribution in [0.1, 0.15) is 13.8 Å². The van der Waals surface area contributed by atoms with Crippen LogP contribution in [0, 0.1) is 5.92 Å². The van der Waals surface area contributed by atoms with E-state index in [2.05, 4.69) is 16.0 Å². The van der Waals surface area contributed by atoms with Gasteiger partial charge in [0.05, 0.1) is 12.8 Å². The molecule has 28 heavy (non-hydrogen) atoms. The number of hydrogen-bond acceptors (Lipinski definition) is 5. The summed E-state index contributed by atoms with van der Waals surface area (Å²) in [6.45, 7) is 3.45. The minimum absolute atomic E-state index is 0.111. The van der Waals surface area contributed by atoms with E-state index >= 15 is 0 Å². The van der Waals surface area contributed by atoms with Gasteiger partial charge < -0.3 is 20.1 Å². The highest BCUT2D eigenvalue weighted by atomic mass is 32.1. The summed E-state index contributed by atoms with van der Waals surface area (Å²) in [6.07, 6.45) is 0. The normalized spacial score (nSPS) is 10.1. The fraction of sp³-hybridized carbons (Fsp3) is 0.250. The van der Waals surface area contributed by atoms with Gasteiger partial charge in [0.1, 0.15) is 11.5 Å². The molecule has 0 bridgehead atoms. The predicted octanol–water partition coefficient (Wildman–Crippen LogP) is 3.18. The molecule has 0 radical (unpaired) electrons. The Morgan fingerprint density at radius 1 is 1.07 bits per heavy atom. The zero-order valence-corrected chi connectivity index (χ0v) is 16.8. The molecule has 0 spiro atoms. The van der Waals surface area contributed by atoms with E-state index < -0.39 is 0 Å². The molecule has 2 aromatic rings. The number of carbonyl (C=O) groups excluding carboxylic acids is 2. The maximum Gasteiger partial charge on any atom is 0.264 e. The number of hydrogen-bond donors (Lipinski definition) is 3. The molecular weight excluding hydrogens is 378 g/mol. The molecular formula is C20H23N3O4S. The van der Waals surface area contributed by atoms with Crippen LogP contribution in [0.25, 0.3) is 0 Å². The molecule has 0 fully saturated rings. The topological polar surface area (TPSA) is 88.7 Å². The maximum atomic E-state index is 11.9. The Hall–Kier alpha value is -3.13. The van der Waals surface area contributed by atoms with Crippen molar-refractivity contribution in [1.82, 2.24) is 5.32 Å². The van der Waals surface area contributed by atoms with Crippen LogP contribution < -0.4 is 25.4 Å². The number of ether oxygens (including phenoxy) is 2. The van der Waals surface area contributed by atoms with Gasteiger partial charge >= 0.3 is 0 Å². The Balaban J connectivity index is 1.90. The lowest BCUT2D eigenvalue weighted by Crippen LogP contribution is -2.37.